The van der Waals surface area contributed by atoms with Crippen LogP contribution in [0, 0.1) is 0 Å². The van der Waals surface area contributed by atoms with E-state index in [0.29, 0.717) is 10.9 Å². The summed E-state index contributed by atoms with van der Waals surface area (Å²) < 4.78 is 13.4. The summed E-state index contributed by atoms with van der Waals surface area (Å²) in [6, 6.07) is 5.48. The van der Waals surface area contributed by atoms with Gasteiger partial charge in [-0.1, -0.05) is 15.9 Å². The molecule has 20 heavy (non-hydrogen) atoms. The molecule has 0 atom stereocenters. The van der Waals surface area contributed by atoms with Gasteiger partial charge in [0.25, 0.3) is 5.56 Å². The Bertz CT molecular complexity index is 665. The summed E-state index contributed by atoms with van der Waals surface area (Å²) in [5.41, 5.74) is 0.615. The number of benzene rings is 1. The summed E-state index contributed by atoms with van der Waals surface area (Å²) in [5.74, 6) is 0. The molecule has 1 aliphatic rings. The van der Waals surface area contributed by atoms with Gasteiger partial charge in [0, 0.05) is 17.7 Å². The third-order valence-corrected chi connectivity index (χ3v) is 3.90. The molecule has 6 heteroatoms. The van der Waals surface area contributed by atoms with Crippen molar-refractivity contribution in [3.8, 4) is 0 Å². The number of rotatable bonds is 3. The summed E-state index contributed by atoms with van der Waals surface area (Å²) >= 11 is 3.37. The van der Waals surface area contributed by atoms with Crippen LogP contribution in [0.1, 0.15) is 12.8 Å². The smallest absolute Gasteiger partial charge is 0.263 e. The number of ether oxygens (including phenoxy) is 2. The average molecular weight is 339 g/mol. The molecule has 2 heterocycles. The Hall–Kier alpha value is -1.24. The molecule has 0 aliphatic carbocycles. The second-order valence-corrected chi connectivity index (χ2v) is 5.70. The van der Waals surface area contributed by atoms with Gasteiger partial charge < -0.3 is 9.47 Å². The molecule has 0 N–H and O–H groups in total. The van der Waals surface area contributed by atoms with E-state index in [1.807, 2.05) is 12.1 Å². The normalized spacial score (nSPS) is 16.6. The van der Waals surface area contributed by atoms with E-state index in [1.54, 1.807) is 6.07 Å². The third-order valence-electron chi connectivity index (χ3n) is 3.40. The van der Waals surface area contributed by atoms with Gasteiger partial charge in [-0.25, -0.2) is 4.98 Å². The maximum absolute atomic E-state index is 12.4. The van der Waals surface area contributed by atoms with Crippen molar-refractivity contribution in [1.82, 2.24) is 9.55 Å². The second kappa shape index (κ2) is 6.03. The second-order valence-electron chi connectivity index (χ2n) is 4.79. The fraction of sp³-hybridized carbons (Fsp3) is 0.429. The molecule has 0 radical (unpaired) electrons. The van der Waals surface area contributed by atoms with Crippen molar-refractivity contribution in [2.24, 2.45) is 0 Å². The number of nitrogens with zero attached hydrogens (tertiary/aromatic N) is 2. The van der Waals surface area contributed by atoms with Gasteiger partial charge in [0.05, 0.1) is 17.0 Å². The van der Waals surface area contributed by atoms with E-state index in [2.05, 4.69) is 20.9 Å². The fourth-order valence-corrected chi connectivity index (χ4v) is 2.61. The summed E-state index contributed by atoms with van der Waals surface area (Å²) in [6.45, 7) is 1.68. The number of hydrogen-bond donors (Lipinski definition) is 0. The highest BCUT2D eigenvalue weighted by Gasteiger charge is 2.14. The molecule has 3 rings (SSSR count). The first-order valence-corrected chi connectivity index (χ1v) is 7.37. The Labute approximate surface area is 124 Å². The van der Waals surface area contributed by atoms with Crippen LogP contribution >= 0.6 is 15.9 Å². The highest BCUT2D eigenvalue weighted by molar-refractivity contribution is 9.10. The van der Waals surface area contributed by atoms with Gasteiger partial charge in [0.2, 0.25) is 0 Å². The zero-order valence-corrected chi connectivity index (χ0v) is 12.5. The molecule has 1 saturated heterocycles. The van der Waals surface area contributed by atoms with Crippen molar-refractivity contribution in [1.29, 1.82) is 0 Å². The monoisotopic (exact) mass is 338 g/mol. The molecule has 0 spiro atoms. The van der Waals surface area contributed by atoms with Crippen LogP contribution in [0.2, 0.25) is 0 Å². The number of halogens is 1. The Balaban J connectivity index is 1.81. The van der Waals surface area contributed by atoms with Gasteiger partial charge in [-0.3, -0.25) is 9.36 Å². The van der Waals surface area contributed by atoms with E-state index >= 15 is 0 Å². The van der Waals surface area contributed by atoms with E-state index < -0.39 is 0 Å². The van der Waals surface area contributed by atoms with E-state index in [0.717, 1.165) is 30.5 Å². The number of aromatic nitrogens is 2. The van der Waals surface area contributed by atoms with Crippen molar-refractivity contribution in [2.75, 3.05) is 13.2 Å². The summed E-state index contributed by atoms with van der Waals surface area (Å²) in [7, 11) is 0. The molecule has 106 valence electrons. The Morgan fingerprint density at radius 1 is 1.40 bits per heavy atom. The first-order chi connectivity index (χ1) is 9.74. The average Bonchev–Trinajstić information content (AvgIpc) is 2.48. The lowest BCUT2D eigenvalue weighted by molar-refractivity contribution is -0.0578. The Morgan fingerprint density at radius 3 is 3.00 bits per heavy atom. The minimum Gasteiger partial charge on any atom is -0.381 e. The van der Waals surface area contributed by atoms with E-state index in [9.17, 15) is 4.79 Å². The quantitative estimate of drug-likeness (QED) is 0.861. The Kier molecular flexibility index (Phi) is 4.14. The third kappa shape index (κ3) is 2.92. The van der Waals surface area contributed by atoms with E-state index in [-0.39, 0.29) is 18.4 Å². The molecule has 0 unspecified atom stereocenters. The molecule has 0 bridgehead atoms. The van der Waals surface area contributed by atoms with Crippen LogP contribution in [-0.4, -0.2) is 28.9 Å². The van der Waals surface area contributed by atoms with Crippen LogP contribution in [-0.2, 0) is 16.2 Å². The largest absolute Gasteiger partial charge is 0.381 e. The first-order valence-electron chi connectivity index (χ1n) is 6.58. The van der Waals surface area contributed by atoms with Gasteiger partial charge >= 0.3 is 0 Å². The van der Waals surface area contributed by atoms with Crippen molar-refractivity contribution < 1.29 is 9.47 Å². The predicted octanol–water partition coefficient (Wildman–Crippen LogP) is 2.31. The molecule has 1 aromatic heterocycles. The van der Waals surface area contributed by atoms with Crippen molar-refractivity contribution in [2.45, 2.75) is 25.7 Å². The van der Waals surface area contributed by atoms with Gasteiger partial charge in [0.15, 0.2) is 0 Å². The zero-order valence-electron chi connectivity index (χ0n) is 10.9. The first kappa shape index (κ1) is 13.7. The lowest BCUT2D eigenvalue weighted by Gasteiger charge is -2.22. The highest BCUT2D eigenvalue weighted by Crippen LogP contribution is 2.15. The lowest BCUT2D eigenvalue weighted by atomic mass is 10.2. The highest BCUT2D eigenvalue weighted by atomic mass is 79.9. The maximum atomic E-state index is 12.4. The standard InChI is InChI=1S/C14H15BrN2O3/c15-10-1-2-13-12(7-10)14(18)17(8-16-13)9-20-11-3-5-19-6-4-11/h1-2,7-8,11H,3-6,9H2. The van der Waals surface area contributed by atoms with Crippen LogP contribution < -0.4 is 5.56 Å². The number of fused-ring (bicyclic) bond motifs is 1. The minimum absolute atomic E-state index is 0.0802. The Morgan fingerprint density at radius 2 is 2.20 bits per heavy atom. The van der Waals surface area contributed by atoms with Crippen molar-refractivity contribution in [3.63, 3.8) is 0 Å². The number of hydrogen-bond acceptors (Lipinski definition) is 4. The topological polar surface area (TPSA) is 53.4 Å². The molecule has 5 nitrogen and oxygen atoms in total. The van der Waals surface area contributed by atoms with Gasteiger partial charge in [0.1, 0.15) is 13.1 Å². The summed E-state index contributed by atoms with van der Waals surface area (Å²) in [4.78, 5) is 16.6. The summed E-state index contributed by atoms with van der Waals surface area (Å²) in [5, 5.41) is 0.595. The predicted molar refractivity (Wildman–Crippen MR) is 78.6 cm³/mol. The molecular weight excluding hydrogens is 324 g/mol. The van der Waals surface area contributed by atoms with E-state index in [1.165, 1.54) is 10.9 Å². The molecule has 2 aromatic rings. The van der Waals surface area contributed by atoms with Gasteiger partial charge in [-0.2, -0.15) is 0 Å². The minimum atomic E-state index is -0.0802. The lowest BCUT2D eigenvalue weighted by Crippen LogP contribution is -2.28. The molecule has 0 amide bonds. The van der Waals surface area contributed by atoms with E-state index in [4.69, 9.17) is 9.47 Å². The van der Waals surface area contributed by atoms with Crippen molar-refractivity contribution in [3.05, 3.63) is 39.4 Å². The fourth-order valence-electron chi connectivity index (χ4n) is 2.25. The van der Waals surface area contributed by atoms with Crippen LogP contribution in [0.25, 0.3) is 10.9 Å². The zero-order chi connectivity index (χ0) is 13.9. The molecule has 1 aliphatic heterocycles. The van der Waals surface area contributed by atoms with Crippen LogP contribution in [0.5, 0.6) is 0 Å². The van der Waals surface area contributed by atoms with Gasteiger partial charge in [-0.05, 0) is 31.0 Å². The molecule has 1 aromatic carbocycles. The molecular formula is C14H15BrN2O3. The van der Waals surface area contributed by atoms with Crippen molar-refractivity contribution >= 4 is 26.8 Å². The van der Waals surface area contributed by atoms with Crippen LogP contribution in [0.3, 0.4) is 0 Å². The summed E-state index contributed by atoms with van der Waals surface area (Å²) in [6.07, 6.45) is 3.45. The van der Waals surface area contributed by atoms with Crippen LogP contribution in [0.15, 0.2) is 33.8 Å². The molecule has 0 saturated carbocycles. The molecule has 1 fully saturated rings. The maximum Gasteiger partial charge on any atom is 0.263 e. The SMILES string of the molecule is O=c1c2cc(Br)ccc2ncn1COC1CCOCC1. The van der Waals surface area contributed by atoms with Gasteiger partial charge in [-0.15, -0.1) is 0 Å². The van der Waals surface area contributed by atoms with Crippen LogP contribution in [0.4, 0.5) is 0 Å².